The summed E-state index contributed by atoms with van der Waals surface area (Å²) >= 11 is 0. The highest BCUT2D eigenvalue weighted by atomic mass is 16.4. The van der Waals surface area contributed by atoms with Crippen molar-refractivity contribution in [3.63, 3.8) is 0 Å². The molecule has 0 bridgehead atoms. The Balaban J connectivity index is 0.000000481. The van der Waals surface area contributed by atoms with Crippen LogP contribution in [0, 0.1) is 0 Å². The van der Waals surface area contributed by atoms with Crippen LogP contribution < -0.4 is 0 Å². The number of carboxylic acid groups (broad SMARTS) is 2. The van der Waals surface area contributed by atoms with Gasteiger partial charge in [0.2, 0.25) is 5.91 Å². The number of benzene rings is 2. The van der Waals surface area contributed by atoms with Gasteiger partial charge in [-0.2, -0.15) is 0 Å². The molecule has 1 amide bonds. The van der Waals surface area contributed by atoms with Gasteiger partial charge in [-0.05, 0) is 23.3 Å². The number of pyridine rings is 1. The lowest BCUT2D eigenvalue weighted by atomic mass is 9.90. The van der Waals surface area contributed by atoms with E-state index in [2.05, 4.69) is 16.0 Å². The fourth-order valence-electron chi connectivity index (χ4n) is 3.80. The molecule has 1 fully saturated rings. The van der Waals surface area contributed by atoms with Crippen molar-refractivity contribution in [2.24, 2.45) is 0 Å². The minimum absolute atomic E-state index is 0.190. The Hall–Kier alpha value is -4.04. The predicted octanol–water partition coefficient (Wildman–Crippen LogP) is 2.71. The smallest absolute Gasteiger partial charge is 0.414 e. The summed E-state index contributed by atoms with van der Waals surface area (Å²) in [6, 6.07) is 26.2. The van der Waals surface area contributed by atoms with Crippen molar-refractivity contribution in [2.45, 2.75) is 12.5 Å². The molecule has 3 aromatic rings. The zero-order valence-electron chi connectivity index (χ0n) is 18.7. The molecular formula is C26H27N3O5. The molecule has 2 heterocycles. The van der Waals surface area contributed by atoms with E-state index in [4.69, 9.17) is 19.8 Å². The number of hydrogen-bond donors (Lipinski definition) is 2. The molecule has 0 atom stereocenters. The Morgan fingerprint density at radius 1 is 0.735 bits per heavy atom. The lowest BCUT2D eigenvalue weighted by molar-refractivity contribution is -0.159. The molecule has 0 radical (unpaired) electrons. The van der Waals surface area contributed by atoms with E-state index in [-0.39, 0.29) is 11.8 Å². The van der Waals surface area contributed by atoms with Crippen LogP contribution in [0.2, 0.25) is 0 Å². The van der Waals surface area contributed by atoms with E-state index in [0.29, 0.717) is 0 Å². The normalized spacial score (nSPS) is 13.6. The highest BCUT2D eigenvalue weighted by Gasteiger charge is 2.29. The van der Waals surface area contributed by atoms with Crippen molar-refractivity contribution in [1.29, 1.82) is 0 Å². The molecule has 2 aromatic carbocycles. The molecule has 0 unspecified atom stereocenters. The van der Waals surface area contributed by atoms with E-state index in [9.17, 15) is 4.79 Å². The van der Waals surface area contributed by atoms with Crippen molar-refractivity contribution in [3.05, 3.63) is 102 Å². The van der Waals surface area contributed by atoms with Crippen LogP contribution in [0.5, 0.6) is 0 Å². The molecular weight excluding hydrogens is 434 g/mol. The predicted molar refractivity (Wildman–Crippen MR) is 126 cm³/mol. The summed E-state index contributed by atoms with van der Waals surface area (Å²) in [6.07, 6.45) is 1.83. The van der Waals surface area contributed by atoms with Crippen LogP contribution >= 0.6 is 0 Å². The van der Waals surface area contributed by atoms with E-state index in [0.717, 1.165) is 49.5 Å². The number of amides is 1. The molecule has 176 valence electrons. The van der Waals surface area contributed by atoms with Gasteiger partial charge in [0.25, 0.3) is 0 Å². The van der Waals surface area contributed by atoms with E-state index in [1.807, 2.05) is 83.9 Å². The molecule has 4 rings (SSSR count). The van der Waals surface area contributed by atoms with Gasteiger partial charge in [-0.3, -0.25) is 14.7 Å². The summed E-state index contributed by atoms with van der Waals surface area (Å²) in [7, 11) is 0. The molecule has 0 saturated carbocycles. The third kappa shape index (κ3) is 6.98. The molecule has 2 N–H and O–H groups in total. The van der Waals surface area contributed by atoms with Crippen LogP contribution in [0.15, 0.2) is 85.1 Å². The minimum Gasteiger partial charge on any atom is -0.473 e. The standard InChI is InChI=1S/C24H25N3O.C2H2O4/c28-24(23(20-9-3-1-4-10-20)21-11-5-2-6-12-21)27-17-15-26(16-18-27)19-22-13-7-8-14-25-22;3-1(4)2(5)6/h1-14,23H,15-19H2;(H,3,4)(H,5,6). The number of carboxylic acids is 2. The van der Waals surface area contributed by atoms with Gasteiger partial charge in [0, 0.05) is 38.9 Å². The van der Waals surface area contributed by atoms with Crippen molar-refractivity contribution < 1.29 is 24.6 Å². The number of aromatic nitrogens is 1. The van der Waals surface area contributed by atoms with Gasteiger partial charge in [0.1, 0.15) is 0 Å². The Kier molecular flexibility index (Phi) is 8.88. The maximum absolute atomic E-state index is 13.5. The lowest BCUT2D eigenvalue weighted by Gasteiger charge is -2.36. The molecule has 8 heteroatoms. The van der Waals surface area contributed by atoms with Crippen LogP contribution in [0.1, 0.15) is 22.7 Å². The quantitative estimate of drug-likeness (QED) is 0.562. The summed E-state index contributed by atoms with van der Waals surface area (Å²) in [4.78, 5) is 40.5. The van der Waals surface area contributed by atoms with Gasteiger partial charge in [-0.15, -0.1) is 0 Å². The molecule has 1 aliphatic rings. The average Bonchev–Trinajstić information content (AvgIpc) is 2.87. The highest BCUT2D eigenvalue weighted by molar-refractivity contribution is 6.27. The summed E-state index contributed by atoms with van der Waals surface area (Å²) in [5, 5.41) is 14.8. The Labute approximate surface area is 198 Å². The summed E-state index contributed by atoms with van der Waals surface area (Å²) in [5.41, 5.74) is 3.18. The second-order valence-corrected chi connectivity index (χ2v) is 7.79. The van der Waals surface area contributed by atoms with Crippen molar-refractivity contribution in [2.75, 3.05) is 26.2 Å². The summed E-state index contributed by atoms with van der Waals surface area (Å²) in [5.74, 6) is -3.70. The first-order chi connectivity index (χ1) is 16.5. The summed E-state index contributed by atoms with van der Waals surface area (Å²) < 4.78 is 0. The number of carbonyl (C=O) groups excluding carboxylic acids is 1. The largest absolute Gasteiger partial charge is 0.473 e. The molecule has 8 nitrogen and oxygen atoms in total. The summed E-state index contributed by atoms with van der Waals surface area (Å²) in [6.45, 7) is 4.09. The van der Waals surface area contributed by atoms with Crippen LogP contribution in [-0.2, 0) is 20.9 Å². The molecule has 0 spiro atoms. The molecule has 1 saturated heterocycles. The Morgan fingerprint density at radius 3 is 1.68 bits per heavy atom. The zero-order chi connectivity index (χ0) is 24.3. The van der Waals surface area contributed by atoms with Crippen molar-refractivity contribution >= 4 is 17.8 Å². The van der Waals surface area contributed by atoms with Gasteiger partial charge in [0.05, 0.1) is 11.6 Å². The van der Waals surface area contributed by atoms with Gasteiger partial charge in [0.15, 0.2) is 0 Å². The van der Waals surface area contributed by atoms with Crippen molar-refractivity contribution in [1.82, 2.24) is 14.8 Å². The first-order valence-electron chi connectivity index (χ1n) is 10.9. The van der Waals surface area contributed by atoms with Crippen LogP contribution in [-0.4, -0.2) is 69.0 Å². The third-order valence-corrected chi connectivity index (χ3v) is 5.49. The fraction of sp³-hybridized carbons (Fsp3) is 0.231. The minimum atomic E-state index is -1.82. The third-order valence-electron chi connectivity index (χ3n) is 5.49. The highest BCUT2D eigenvalue weighted by Crippen LogP contribution is 2.27. The molecule has 1 aliphatic heterocycles. The second-order valence-electron chi connectivity index (χ2n) is 7.79. The fourth-order valence-corrected chi connectivity index (χ4v) is 3.80. The van der Waals surface area contributed by atoms with Gasteiger partial charge in [-0.1, -0.05) is 66.7 Å². The maximum atomic E-state index is 13.5. The number of aliphatic carboxylic acids is 2. The van der Waals surface area contributed by atoms with Crippen LogP contribution in [0.4, 0.5) is 0 Å². The number of hydrogen-bond acceptors (Lipinski definition) is 5. The van der Waals surface area contributed by atoms with Gasteiger partial charge < -0.3 is 15.1 Å². The van der Waals surface area contributed by atoms with E-state index >= 15 is 0 Å². The monoisotopic (exact) mass is 461 g/mol. The van der Waals surface area contributed by atoms with E-state index in [1.54, 1.807) is 0 Å². The number of piperazine rings is 1. The van der Waals surface area contributed by atoms with Gasteiger partial charge >= 0.3 is 11.9 Å². The molecule has 1 aromatic heterocycles. The van der Waals surface area contributed by atoms with Crippen LogP contribution in [0.25, 0.3) is 0 Å². The Morgan fingerprint density at radius 2 is 1.24 bits per heavy atom. The first-order valence-corrected chi connectivity index (χ1v) is 10.9. The zero-order valence-corrected chi connectivity index (χ0v) is 18.7. The van der Waals surface area contributed by atoms with Crippen LogP contribution in [0.3, 0.4) is 0 Å². The SMILES string of the molecule is O=C(C(c1ccccc1)c1ccccc1)N1CCN(Cc2ccccn2)CC1.O=C(O)C(=O)O. The molecule has 0 aliphatic carbocycles. The van der Waals surface area contributed by atoms with Gasteiger partial charge in [-0.25, -0.2) is 9.59 Å². The topological polar surface area (TPSA) is 111 Å². The lowest BCUT2D eigenvalue weighted by Crippen LogP contribution is -2.49. The Bertz CT molecular complexity index is 1020. The number of nitrogens with zero attached hydrogens (tertiary/aromatic N) is 3. The van der Waals surface area contributed by atoms with E-state index < -0.39 is 11.9 Å². The number of carbonyl (C=O) groups is 3. The number of rotatable bonds is 5. The maximum Gasteiger partial charge on any atom is 0.414 e. The van der Waals surface area contributed by atoms with Crippen molar-refractivity contribution in [3.8, 4) is 0 Å². The second kappa shape index (κ2) is 12.3. The first kappa shape index (κ1) is 24.6. The molecule has 34 heavy (non-hydrogen) atoms. The average molecular weight is 462 g/mol. The van der Waals surface area contributed by atoms with E-state index in [1.165, 1.54) is 0 Å².